The number of rotatable bonds is 1. The van der Waals surface area contributed by atoms with Gasteiger partial charge in [-0.05, 0) is 48.7 Å². The monoisotopic (exact) mass is 258 g/mol. The van der Waals surface area contributed by atoms with Crippen molar-refractivity contribution in [3.05, 3.63) is 65.4 Å². The first-order chi connectivity index (χ1) is 9.70. The lowest BCUT2D eigenvalue weighted by molar-refractivity contribution is 1.37. The van der Waals surface area contributed by atoms with Gasteiger partial charge < -0.3 is 0 Å². The lowest BCUT2D eigenvalue weighted by Crippen LogP contribution is -1.90. The van der Waals surface area contributed by atoms with E-state index < -0.39 is 0 Å². The maximum absolute atomic E-state index is 8.97. The Kier molecular flexibility index (Phi) is 2.96. The van der Waals surface area contributed by atoms with E-state index in [0.29, 0.717) is 5.56 Å². The fraction of sp³-hybridized carbons (Fsp3) is 0.111. The number of hydrogen-bond acceptors (Lipinski definition) is 2. The van der Waals surface area contributed by atoms with Gasteiger partial charge in [0, 0.05) is 17.1 Å². The second-order valence-electron chi connectivity index (χ2n) is 4.97. The van der Waals surface area contributed by atoms with Crippen LogP contribution in [0.25, 0.3) is 22.0 Å². The normalized spacial score (nSPS) is 10.4. The number of nitrogens with zero attached hydrogens (tertiary/aromatic N) is 2. The summed E-state index contributed by atoms with van der Waals surface area (Å²) in [6.45, 7) is 4.13. The summed E-state index contributed by atoms with van der Waals surface area (Å²) in [4.78, 5) is 4.54. The topological polar surface area (TPSA) is 36.7 Å². The summed E-state index contributed by atoms with van der Waals surface area (Å²) in [5.74, 6) is 0. The maximum atomic E-state index is 8.97. The number of benzene rings is 2. The highest BCUT2D eigenvalue weighted by molar-refractivity contribution is 5.96. The van der Waals surface area contributed by atoms with Crippen LogP contribution in [-0.4, -0.2) is 4.98 Å². The molecule has 0 spiro atoms. The summed E-state index contributed by atoms with van der Waals surface area (Å²) >= 11 is 0. The molecule has 2 nitrogen and oxygen atoms in total. The van der Waals surface area contributed by atoms with Crippen LogP contribution in [0, 0.1) is 25.2 Å². The Bertz CT molecular complexity index is 842. The van der Waals surface area contributed by atoms with Gasteiger partial charge in [0.05, 0.1) is 17.1 Å². The first-order valence-electron chi connectivity index (χ1n) is 6.56. The Labute approximate surface area is 118 Å². The molecule has 1 heterocycles. The van der Waals surface area contributed by atoms with Gasteiger partial charge in [-0.3, -0.25) is 4.98 Å². The first kappa shape index (κ1) is 12.4. The molecule has 0 radical (unpaired) electrons. The van der Waals surface area contributed by atoms with Crippen LogP contribution in [-0.2, 0) is 0 Å². The van der Waals surface area contributed by atoms with Crippen molar-refractivity contribution >= 4 is 10.9 Å². The van der Waals surface area contributed by atoms with Gasteiger partial charge in [-0.25, -0.2) is 0 Å². The molecule has 2 heteroatoms. The summed E-state index contributed by atoms with van der Waals surface area (Å²) in [5.41, 5.74) is 6.28. The highest BCUT2D eigenvalue weighted by Crippen LogP contribution is 2.31. The Morgan fingerprint density at radius 3 is 2.50 bits per heavy atom. The third kappa shape index (κ3) is 1.94. The molecule has 0 fully saturated rings. The zero-order valence-electron chi connectivity index (χ0n) is 11.5. The molecule has 3 aromatic rings. The molecule has 0 aliphatic rings. The van der Waals surface area contributed by atoms with Crippen molar-refractivity contribution in [3.63, 3.8) is 0 Å². The predicted molar refractivity (Wildman–Crippen MR) is 81.4 cm³/mol. The summed E-state index contributed by atoms with van der Waals surface area (Å²) in [5, 5.41) is 10.1. The van der Waals surface area contributed by atoms with Gasteiger partial charge in [0.1, 0.15) is 0 Å². The van der Waals surface area contributed by atoms with Crippen LogP contribution in [0.1, 0.15) is 16.7 Å². The molecule has 0 saturated carbocycles. The molecule has 0 aliphatic heterocycles. The highest BCUT2D eigenvalue weighted by Gasteiger charge is 2.09. The third-order valence-electron chi connectivity index (χ3n) is 3.63. The Hall–Kier alpha value is -2.66. The molecular weight excluding hydrogens is 244 g/mol. The van der Waals surface area contributed by atoms with Crippen molar-refractivity contribution in [1.29, 1.82) is 5.26 Å². The average Bonchev–Trinajstić information content (AvgIpc) is 2.48. The number of aromatic nitrogens is 1. The van der Waals surface area contributed by atoms with Crippen LogP contribution < -0.4 is 0 Å². The molecule has 0 bridgehead atoms. The zero-order chi connectivity index (χ0) is 14.1. The van der Waals surface area contributed by atoms with E-state index in [1.165, 1.54) is 10.9 Å². The zero-order valence-corrected chi connectivity index (χ0v) is 11.5. The molecular formula is C18H14N2. The van der Waals surface area contributed by atoms with Gasteiger partial charge in [0.2, 0.25) is 0 Å². The van der Waals surface area contributed by atoms with E-state index in [-0.39, 0.29) is 0 Å². The smallest absolute Gasteiger partial charge is 0.0991 e. The van der Waals surface area contributed by atoms with Crippen molar-refractivity contribution in [3.8, 4) is 17.2 Å². The Morgan fingerprint density at radius 2 is 1.75 bits per heavy atom. The molecule has 0 amide bonds. The van der Waals surface area contributed by atoms with E-state index in [1.807, 2.05) is 37.4 Å². The SMILES string of the molecule is Cc1cc(C#N)ccc1-c1ccc(C)c2cccnc12. The lowest BCUT2D eigenvalue weighted by Gasteiger charge is -2.11. The highest BCUT2D eigenvalue weighted by atomic mass is 14.6. The van der Waals surface area contributed by atoms with Crippen molar-refractivity contribution in [2.24, 2.45) is 0 Å². The van der Waals surface area contributed by atoms with E-state index in [0.717, 1.165) is 22.2 Å². The molecule has 0 N–H and O–H groups in total. The summed E-state index contributed by atoms with van der Waals surface area (Å²) in [6, 6.07) is 16.3. The van der Waals surface area contributed by atoms with Gasteiger partial charge in [-0.15, -0.1) is 0 Å². The average molecular weight is 258 g/mol. The van der Waals surface area contributed by atoms with E-state index >= 15 is 0 Å². The van der Waals surface area contributed by atoms with Crippen LogP contribution in [0.4, 0.5) is 0 Å². The minimum absolute atomic E-state index is 0.690. The molecule has 2 aromatic carbocycles. The van der Waals surface area contributed by atoms with Gasteiger partial charge >= 0.3 is 0 Å². The predicted octanol–water partition coefficient (Wildman–Crippen LogP) is 4.39. The largest absolute Gasteiger partial charge is 0.256 e. The number of aryl methyl sites for hydroxylation is 2. The molecule has 0 aliphatic carbocycles. The summed E-state index contributed by atoms with van der Waals surface area (Å²) < 4.78 is 0. The first-order valence-corrected chi connectivity index (χ1v) is 6.56. The Morgan fingerprint density at radius 1 is 0.950 bits per heavy atom. The quantitative estimate of drug-likeness (QED) is 0.649. The molecule has 0 unspecified atom stereocenters. The van der Waals surface area contributed by atoms with Crippen LogP contribution in [0.3, 0.4) is 0 Å². The van der Waals surface area contributed by atoms with E-state index in [9.17, 15) is 0 Å². The van der Waals surface area contributed by atoms with Crippen LogP contribution in [0.15, 0.2) is 48.7 Å². The number of hydrogen-bond donors (Lipinski definition) is 0. The minimum atomic E-state index is 0.690. The van der Waals surface area contributed by atoms with Crippen molar-refractivity contribution in [2.45, 2.75) is 13.8 Å². The second kappa shape index (κ2) is 4.79. The summed E-state index contributed by atoms with van der Waals surface area (Å²) in [7, 11) is 0. The number of fused-ring (bicyclic) bond motifs is 1. The molecule has 96 valence electrons. The van der Waals surface area contributed by atoms with Gasteiger partial charge in [0.25, 0.3) is 0 Å². The van der Waals surface area contributed by atoms with Gasteiger partial charge in [-0.1, -0.05) is 24.3 Å². The molecule has 1 aromatic heterocycles. The van der Waals surface area contributed by atoms with Gasteiger partial charge in [0.15, 0.2) is 0 Å². The minimum Gasteiger partial charge on any atom is -0.256 e. The lowest BCUT2D eigenvalue weighted by atomic mass is 9.95. The van der Waals surface area contributed by atoms with Crippen LogP contribution in [0.5, 0.6) is 0 Å². The molecule has 0 atom stereocenters. The maximum Gasteiger partial charge on any atom is 0.0991 e. The Balaban J connectivity index is 2.31. The summed E-state index contributed by atoms with van der Waals surface area (Å²) in [6.07, 6.45) is 1.82. The van der Waals surface area contributed by atoms with Gasteiger partial charge in [-0.2, -0.15) is 5.26 Å². The third-order valence-corrected chi connectivity index (χ3v) is 3.63. The van der Waals surface area contributed by atoms with Crippen molar-refractivity contribution in [2.75, 3.05) is 0 Å². The standard InChI is InChI=1S/C18H14N2/c1-12-5-7-17(18-16(12)4-3-9-20-18)15-8-6-14(11-19)10-13(15)2/h3-10H,1-2H3. The second-order valence-corrected chi connectivity index (χ2v) is 4.97. The van der Waals surface area contributed by atoms with E-state index in [4.69, 9.17) is 5.26 Å². The molecule has 0 saturated heterocycles. The van der Waals surface area contributed by atoms with E-state index in [1.54, 1.807) is 0 Å². The fourth-order valence-corrected chi connectivity index (χ4v) is 2.57. The molecule has 20 heavy (non-hydrogen) atoms. The van der Waals surface area contributed by atoms with Crippen molar-refractivity contribution < 1.29 is 0 Å². The van der Waals surface area contributed by atoms with Crippen molar-refractivity contribution in [1.82, 2.24) is 4.98 Å². The number of pyridine rings is 1. The van der Waals surface area contributed by atoms with Crippen LogP contribution in [0.2, 0.25) is 0 Å². The fourth-order valence-electron chi connectivity index (χ4n) is 2.57. The van der Waals surface area contributed by atoms with Crippen LogP contribution >= 0.6 is 0 Å². The van der Waals surface area contributed by atoms with E-state index in [2.05, 4.69) is 36.2 Å². The number of nitriles is 1. The molecule has 3 rings (SSSR count).